The van der Waals surface area contributed by atoms with Crippen molar-refractivity contribution in [2.45, 2.75) is 77.5 Å². The molecule has 0 radical (unpaired) electrons. The SMILES string of the molecule is COC(=O)C[C@H](C(=O)N1CCC[C@@H]1C1=NC=C(c2ccc3c(c2)nc(C)n2c4ccc(-c5cnc([C@@H]6CCCN6C(=O)[C@@H](NC(=O)OC)N(C)C)[nH]5)cc4cc32)C1)C(C)C. The van der Waals surface area contributed by atoms with Gasteiger partial charge in [-0.3, -0.25) is 34.0 Å². The van der Waals surface area contributed by atoms with Gasteiger partial charge in [-0.1, -0.05) is 32.0 Å². The molecule has 2 aromatic carbocycles. The molecule has 3 aromatic heterocycles. The molecule has 0 aliphatic carbocycles. The van der Waals surface area contributed by atoms with E-state index in [1.165, 1.54) is 14.2 Å². The number of methoxy groups -OCH3 is 2. The number of likely N-dealkylation sites (N-methyl/N-ethyl adjacent to an activating group) is 1. The Labute approximate surface area is 348 Å². The number of carbonyl (C=O) groups is 4. The molecule has 15 heteroatoms. The minimum atomic E-state index is -0.863. The van der Waals surface area contributed by atoms with Gasteiger partial charge in [0.25, 0.3) is 5.91 Å². The first-order valence-electron chi connectivity index (χ1n) is 20.7. The van der Waals surface area contributed by atoms with Crippen molar-refractivity contribution in [2.75, 3.05) is 41.4 Å². The molecule has 3 aliphatic rings. The number of aliphatic imine (C=N–C) groups is 1. The Morgan fingerprint density at radius 3 is 2.37 bits per heavy atom. The fourth-order valence-electron chi connectivity index (χ4n) is 9.19. The van der Waals surface area contributed by atoms with E-state index in [1.807, 2.05) is 38.1 Å². The van der Waals surface area contributed by atoms with E-state index in [9.17, 15) is 19.2 Å². The highest BCUT2D eigenvalue weighted by Crippen LogP contribution is 2.36. The largest absolute Gasteiger partial charge is 0.469 e. The zero-order chi connectivity index (χ0) is 42.4. The molecule has 3 aliphatic heterocycles. The van der Waals surface area contributed by atoms with Gasteiger partial charge in [0.1, 0.15) is 11.6 Å². The number of imidazole rings is 1. The number of allylic oxidation sites excluding steroid dienone is 1. The van der Waals surface area contributed by atoms with Crippen LogP contribution in [0.2, 0.25) is 0 Å². The van der Waals surface area contributed by atoms with Gasteiger partial charge in [0.05, 0.1) is 67.1 Å². The average molecular weight is 816 g/mol. The van der Waals surface area contributed by atoms with Crippen molar-refractivity contribution in [1.82, 2.24) is 39.4 Å². The molecule has 5 aromatic rings. The van der Waals surface area contributed by atoms with Gasteiger partial charge in [0.15, 0.2) is 6.17 Å². The van der Waals surface area contributed by atoms with Crippen molar-refractivity contribution >= 4 is 62.5 Å². The molecule has 314 valence electrons. The number of likely N-dealkylation sites (tertiary alicyclic amines) is 2. The van der Waals surface area contributed by atoms with Crippen molar-refractivity contribution in [1.29, 1.82) is 0 Å². The maximum atomic E-state index is 13.8. The van der Waals surface area contributed by atoms with E-state index in [2.05, 4.69) is 57.2 Å². The Hall–Kier alpha value is -6.09. The van der Waals surface area contributed by atoms with Crippen LogP contribution in [0.1, 0.15) is 75.6 Å². The number of aromatic amines is 1. The van der Waals surface area contributed by atoms with E-state index >= 15 is 0 Å². The van der Waals surface area contributed by atoms with E-state index < -0.39 is 18.2 Å². The number of H-pyrrole nitrogens is 1. The molecule has 0 bridgehead atoms. The highest BCUT2D eigenvalue weighted by molar-refractivity contribution is 6.06. The minimum Gasteiger partial charge on any atom is -0.469 e. The van der Waals surface area contributed by atoms with Gasteiger partial charge in [-0.2, -0.15) is 0 Å². The van der Waals surface area contributed by atoms with Crippen molar-refractivity contribution in [3.63, 3.8) is 0 Å². The lowest BCUT2D eigenvalue weighted by Crippen LogP contribution is -2.55. The van der Waals surface area contributed by atoms with E-state index in [-0.39, 0.29) is 42.2 Å². The summed E-state index contributed by atoms with van der Waals surface area (Å²) in [7, 11) is 6.12. The van der Waals surface area contributed by atoms with Crippen LogP contribution in [0.25, 0.3) is 44.2 Å². The number of carbonyl (C=O) groups excluding carboxylic acids is 4. The van der Waals surface area contributed by atoms with Crippen LogP contribution in [0.4, 0.5) is 4.79 Å². The van der Waals surface area contributed by atoms with Crippen LogP contribution in [0.15, 0.2) is 59.9 Å². The lowest BCUT2D eigenvalue weighted by atomic mass is 9.90. The van der Waals surface area contributed by atoms with Crippen LogP contribution in [-0.4, -0.2) is 117 Å². The molecule has 4 atom stereocenters. The van der Waals surface area contributed by atoms with Gasteiger partial charge in [0.2, 0.25) is 5.91 Å². The van der Waals surface area contributed by atoms with Gasteiger partial charge >= 0.3 is 12.1 Å². The van der Waals surface area contributed by atoms with Gasteiger partial charge < -0.3 is 24.3 Å². The number of rotatable bonds is 11. The summed E-state index contributed by atoms with van der Waals surface area (Å²) in [6.07, 6.45) is 6.27. The smallest absolute Gasteiger partial charge is 0.408 e. The normalized spacial score (nSPS) is 19.1. The van der Waals surface area contributed by atoms with E-state index in [1.54, 1.807) is 23.9 Å². The van der Waals surface area contributed by atoms with Crippen molar-refractivity contribution in [3.8, 4) is 11.3 Å². The number of aryl methyl sites for hydroxylation is 1. The lowest BCUT2D eigenvalue weighted by molar-refractivity contribution is -0.148. The fourth-order valence-corrected chi connectivity index (χ4v) is 9.19. The Morgan fingerprint density at radius 1 is 0.917 bits per heavy atom. The number of fused-ring (bicyclic) bond motifs is 5. The Kier molecular flexibility index (Phi) is 11.2. The number of alkyl carbamates (subject to hydrolysis) is 1. The maximum absolute atomic E-state index is 13.8. The molecule has 0 spiro atoms. The number of nitrogens with zero attached hydrogens (tertiary/aromatic N) is 7. The molecule has 15 nitrogen and oxygen atoms in total. The molecule has 2 fully saturated rings. The second kappa shape index (κ2) is 16.5. The molecule has 2 N–H and O–H groups in total. The number of ether oxygens (including phenoxy) is 2. The van der Waals surface area contributed by atoms with E-state index in [0.717, 1.165) is 86.9 Å². The molecule has 3 amide bonds. The second-order valence-corrected chi connectivity index (χ2v) is 16.7. The summed E-state index contributed by atoms with van der Waals surface area (Å²) < 4.78 is 11.9. The van der Waals surface area contributed by atoms with Crippen molar-refractivity contribution in [2.24, 2.45) is 16.8 Å². The first kappa shape index (κ1) is 40.7. The quantitative estimate of drug-likeness (QED) is 0.116. The number of nitrogens with one attached hydrogen (secondary N) is 2. The third-order valence-corrected chi connectivity index (χ3v) is 12.4. The van der Waals surface area contributed by atoms with Crippen LogP contribution >= 0.6 is 0 Å². The molecule has 60 heavy (non-hydrogen) atoms. The number of hydrogen-bond acceptors (Lipinski definition) is 10. The Balaban J connectivity index is 1.01. The standard InChI is InChI=1S/C45H53N9O6/c1-25(2)32(22-40(55)59-6)43(56)52-16-8-10-37(52)34-20-30(23-46-34)27-12-14-31-33(19-27)48-26(3)54-36-15-13-28(18-29(36)21-39(31)54)35-24-47-41(49-35)38-11-9-17-53(38)44(57)42(51(4)5)50-45(58)60-7/h12-15,18-19,21,23-25,32,37-38,42H,8-11,16-17,20,22H2,1-7H3,(H,47,49)(H,50,58)/t32-,37+,38-,42-/m0/s1. The highest BCUT2D eigenvalue weighted by Gasteiger charge is 2.39. The van der Waals surface area contributed by atoms with Gasteiger partial charge in [-0.25, -0.2) is 14.8 Å². The number of esters is 1. The summed E-state index contributed by atoms with van der Waals surface area (Å²) in [5.74, 6) is 0.575. The maximum Gasteiger partial charge on any atom is 0.408 e. The van der Waals surface area contributed by atoms with Gasteiger partial charge in [-0.05, 0) is 88.0 Å². The van der Waals surface area contributed by atoms with Crippen LogP contribution in [0.5, 0.6) is 0 Å². The van der Waals surface area contributed by atoms with Crippen LogP contribution in [-0.2, 0) is 23.9 Å². The summed E-state index contributed by atoms with van der Waals surface area (Å²) in [6, 6.07) is 14.6. The molecule has 6 heterocycles. The molecule has 2 saturated heterocycles. The molecular formula is C45H53N9O6. The van der Waals surface area contributed by atoms with Crippen LogP contribution in [0.3, 0.4) is 0 Å². The predicted octanol–water partition coefficient (Wildman–Crippen LogP) is 6.26. The van der Waals surface area contributed by atoms with Gasteiger partial charge in [-0.15, -0.1) is 0 Å². The zero-order valence-corrected chi connectivity index (χ0v) is 35.3. The first-order valence-corrected chi connectivity index (χ1v) is 20.7. The average Bonchev–Trinajstić information content (AvgIpc) is 4.09. The predicted molar refractivity (Wildman–Crippen MR) is 229 cm³/mol. The monoisotopic (exact) mass is 815 g/mol. The van der Waals surface area contributed by atoms with Crippen LogP contribution < -0.4 is 5.32 Å². The summed E-state index contributed by atoms with van der Waals surface area (Å²) in [5.41, 5.74) is 7.93. The summed E-state index contributed by atoms with van der Waals surface area (Å²) in [4.78, 5) is 75.1. The minimum absolute atomic E-state index is 0.000476. The van der Waals surface area contributed by atoms with Gasteiger partial charge in [0, 0.05) is 47.8 Å². The highest BCUT2D eigenvalue weighted by atomic mass is 16.5. The molecule has 0 saturated carbocycles. The molecule has 8 rings (SSSR count). The Morgan fingerprint density at radius 2 is 1.65 bits per heavy atom. The topological polar surface area (TPSA) is 167 Å². The van der Waals surface area contributed by atoms with E-state index in [4.69, 9.17) is 24.4 Å². The fraction of sp³-hybridized carbons (Fsp3) is 0.444. The van der Waals surface area contributed by atoms with E-state index in [0.29, 0.717) is 25.3 Å². The van der Waals surface area contributed by atoms with Crippen molar-refractivity contribution in [3.05, 3.63) is 72.1 Å². The number of aromatic nitrogens is 4. The second-order valence-electron chi connectivity index (χ2n) is 16.7. The summed E-state index contributed by atoms with van der Waals surface area (Å²) in [6.45, 7) is 7.20. The summed E-state index contributed by atoms with van der Waals surface area (Å²) in [5, 5.41) is 4.73. The lowest BCUT2D eigenvalue weighted by Gasteiger charge is -2.31. The molecular weight excluding hydrogens is 763 g/mol. The number of benzene rings is 2. The third kappa shape index (κ3) is 7.50. The number of hydrogen-bond donors (Lipinski definition) is 2. The molecule has 0 unspecified atom stereocenters. The third-order valence-electron chi connectivity index (χ3n) is 12.4. The van der Waals surface area contributed by atoms with Crippen LogP contribution in [0, 0.1) is 18.8 Å². The number of amides is 3. The first-order chi connectivity index (χ1) is 28.9. The Bertz CT molecular complexity index is 2570. The zero-order valence-electron chi connectivity index (χ0n) is 35.3. The van der Waals surface area contributed by atoms with Crippen molar-refractivity contribution < 1.29 is 28.7 Å². The summed E-state index contributed by atoms with van der Waals surface area (Å²) >= 11 is 0.